The van der Waals surface area contributed by atoms with Crippen LogP contribution in [-0.4, -0.2) is 49.7 Å². The summed E-state index contributed by atoms with van der Waals surface area (Å²) < 4.78 is 29.1. The third kappa shape index (κ3) is 4.10. The van der Waals surface area contributed by atoms with Crippen LogP contribution >= 0.6 is 0 Å². The first-order chi connectivity index (χ1) is 16.8. The summed E-state index contributed by atoms with van der Waals surface area (Å²) >= 11 is 0. The van der Waals surface area contributed by atoms with E-state index >= 15 is 0 Å². The third-order valence-electron chi connectivity index (χ3n) is 9.43. The predicted molar refractivity (Wildman–Crippen MR) is 133 cm³/mol. The van der Waals surface area contributed by atoms with E-state index in [1.165, 1.54) is 27.8 Å². The van der Waals surface area contributed by atoms with Crippen molar-refractivity contribution in [2.75, 3.05) is 27.9 Å². The van der Waals surface area contributed by atoms with Crippen molar-refractivity contribution < 1.29 is 38.7 Å². The molecule has 2 aliphatic carbocycles. The minimum Gasteiger partial charge on any atom is -0.495 e. The lowest BCUT2D eigenvalue weighted by molar-refractivity contribution is -0.217. The average Bonchev–Trinajstić information content (AvgIpc) is 3.16. The highest BCUT2D eigenvalue weighted by Gasteiger charge is 2.58. The Morgan fingerprint density at radius 1 is 1.00 bits per heavy atom. The molecule has 2 fully saturated rings. The Bertz CT molecular complexity index is 1020. The average molecular weight is 507 g/mol. The van der Waals surface area contributed by atoms with Crippen LogP contribution in [0.2, 0.25) is 0 Å². The normalized spacial score (nSPS) is 35.1. The molecule has 0 spiro atoms. The first-order valence-electron chi connectivity index (χ1n) is 12.9. The molecule has 202 valence electrons. The van der Waals surface area contributed by atoms with E-state index in [-0.39, 0.29) is 34.7 Å². The molecule has 6 atom stereocenters. The van der Waals surface area contributed by atoms with Crippen LogP contribution in [0.5, 0.6) is 11.5 Å². The van der Waals surface area contributed by atoms with E-state index in [9.17, 15) is 15.0 Å². The second-order valence-electron chi connectivity index (χ2n) is 11.9. The molecule has 1 aromatic carbocycles. The van der Waals surface area contributed by atoms with Crippen LogP contribution in [0.15, 0.2) is 0 Å². The van der Waals surface area contributed by atoms with Crippen LogP contribution < -0.4 is 9.47 Å². The highest BCUT2D eigenvalue weighted by Crippen LogP contribution is 2.62. The number of fused-ring (bicyclic) bond motifs is 2. The van der Waals surface area contributed by atoms with Gasteiger partial charge in [-0.05, 0) is 56.3 Å². The zero-order valence-electron chi connectivity index (χ0n) is 22.9. The zero-order valence-corrected chi connectivity index (χ0v) is 22.9. The van der Waals surface area contributed by atoms with Crippen molar-refractivity contribution in [3.8, 4) is 11.5 Å². The highest BCUT2D eigenvalue weighted by atomic mass is 16.8. The fourth-order valence-corrected chi connectivity index (χ4v) is 7.76. The van der Waals surface area contributed by atoms with Gasteiger partial charge in [0.05, 0.1) is 24.9 Å². The van der Waals surface area contributed by atoms with E-state index < -0.39 is 24.2 Å². The Kier molecular flexibility index (Phi) is 7.14. The molecule has 2 saturated carbocycles. The lowest BCUT2D eigenvalue weighted by atomic mass is 9.46. The molecule has 0 bridgehead atoms. The number of aliphatic hydroxyl groups is 1. The fourth-order valence-electron chi connectivity index (χ4n) is 7.76. The van der Waals surface area contributed by atoms with Crippen molar-refractivity contribution in [3.05, 3.63) is 22.3 Å². The molecule has 0 radical (unpaired) electrons. The minimum atomic E-state index is -1.14. The molecule has 2 N–H and O–H groups in total. The summed E-state index contributed by atoms with van der Waals surface area (Å²) in [5.41, 5.74) is 0.608. The Labute approximate surface area is 214 Å². The molecule has 0 amide bonds. The first-order valence-corrected chi connectivity index (χ1v) is 12.9. The van der Waals surface area contributed by atoms with Gasteiger partial charge in [0.15, 0.2) is 12.6 Å². The molecule has 8 nitrogen and oxygen atoms in total. The number of rotatable bonds is 7. The van der Waals surface area contributed by atoms with Gasteiger partial charge in [-0.3, -0.25) is 0 Å². The number of aromatic carboxylic acids is 1. The molecule has 36 heavy (non-hydrogen) atoms. The zero-order chi connectivity index (χ0) is 26.6. The summed E-state index contributed by atoms with van der Waals surface area (Å²) in [6.07, 6.45) is 3.28. The Balaban J connectivity index is 1.80. The van der Waals surface area contributed by atoms with Gasteiger partial charge in [-0.25, -0.2) is 4.79 Å². The van der Waals surface area contributed by atoms with E-state index in [0.717, 1.165) is 25.7 Å². The van der Waals surface area contributed by atoms with E-state index in [1.807, 2.05) is 6.92 Å². The van der Waals surface area contributed by atoms with Crippen LogP contribution in [0.4, 0.5) is 0 Å². The number of carboxylic acid groups (broad SMARTS) is 1. The summed E-state index contributed by atoms with van der Waals surface area (Å²) in [7, 11) is 4.39. The molecular weight excluding hydrogens is 464 g/mol. The van der Waals surface area contributed by atoms with Gasteiger partial charge in [0.2, 0.25) is 0 Å². The van der Waals surface area contributed by atoms with Crippen molar-refractivity contribution in [2.45, 2.75) is 84.9 Å². The van der Waals surface area contributed by atoms with Crippen molar-refractivity contribution in [3.63, 3.8) is 0 Å². The van der Waals surface area contributed by atoms with Crippen LogP contribution in [0.25, 0.3) is 0 Å². The summed E-state index contributed by atoms with van der Waals surface area (Å²) in [5.74, 6) is -0.0942. The first kappa shape index (κ1) is 27.2. The number of carboxylic acids is 1. The second-order valence-corrected chi connectivity index (χ2v) is 11.9. The largest absolute Gasteiger partial charge is 0.495 e. The van der Waals surface area contributed by atoms with Gasteiger partial charge in [-0.2, -0.15) is 0 Å². The van der Waals surface area contributed by atoms with Crippen molar-refractivity contribution in [2.24, 2.45) is 22.7 Å². The van der Waals surface area contributed by atoms with Gasteiger partial charge in [-0.15, -0.1) is 0 Å². The third-order valence-corrected chi connectivity index (χ3v) is 9.43. The van der Waals surface area contributed by atoms with Crippen LogP contribution in [-0.2, 0) is 14.2 Å². The molecule has 0 aromatic heterocycles. The number of ether oxygens (including phenoxy) is 5. The summed E-state index contributed by atoms with van der Waals surface area (Å²) in [6.45, 7) is 11.0. The molecule has 0 saturated heterocycles. The lowest BCUT2D eigenvalue weighted by Gasteiger charge is -2.61. The summed E-state index contributed by atoms with van der Waals surface area (Å²) in [4.78, 5) is 12.3. The Morgan fingerprint density at radius 2 is 1.64 bits per heavy atom. The summed E-state index contributed by atoms with van der Waals surface area (Å²) in [5, 5.41) is 21.7. The Morgan fingerprint density at radius 3 is 2.22 bits per heavy atom. The van der Waals surface area contributed by atoms with E-state index in [2.05, 4.69) is 20.8 Å². The number of carbonyl (C=O) groups is 1. The van der Waals surface area contributed by atoms with Crippen LogP contribution in [0.3, 0.4) is 0 Å². The highest BCUT2D eigenvalue weighted by molar-refractivity contribution is 5.95. The molecule has 4 rings (SSSR count). The van der Waals surface area contributed by atoms with Gasteiger partial charge >= 0.3 is 5.97 Å². The maximum Gasteiger partial charge on any atom is 0.339 e. The maximum absolute atomic E-state index is 12.3. The van der Waals surface area contributed by atoms with Crippen molar-refractivity contribution >= 4 is 5.97 Å². The molecular formula is C28H42O8. The topological polar surface area (TPSA) is 104 Å². The number of benzene rings is 1. The van der Waals surface area contributed by atoms with E-state index in [0.29, 0.717) is 28.4 Å². The van der Waals surface area contributed by atoms with Gasteiger partial charge in [0.1, 0.15) is 17.1 Å². The quantitative estimate of drug-likeness (QED) is 0.507. The van der Waals surface area contributed by atoms with Gasteiger partial charge in [0.25, 0.3) is 0 Å². The van der Waals surface area contributed by atoms with Crippen molar-refractivity contribution in [1.29, 1.82) is 0 Å². The smallest absolute Gasteiger partial charge is 0.339 e. The lowest BCUT2D eigenvalue weighted by Crippen LogP contribution is -2.59. The summed E-state index contributed by atoms with van der Waals surface area (Å²) in [6, 6.07) is 0. The van der Waals surface area contributed by atoms with Crippen LogP contribution in [0.1, 0.15) is 99.4 Å². The molecule has 1 aromatic rings. The fraction of sp³-hybridized carbons (Fsp3) is 0.750. The number of methoxy groups -OCH3 is 3. The maximum atomic E-state index is 12.3. The Hall–Kier alpha value is -1.87. The monoisotopic (exact) mass is 506 g/mol. The SMILES string of the molecule is COc1c(C)c(OC[C@@H]2[C@@]3(C)CCCC(C)(C)[C@@H]3CC[C@@]2(C)O)c2c(c1C(=O)O)[C@@H](OC)O[C@H]2OC. The van der Waals surface area contributed by atoms with E-state index in [4.69, 9.17) is 23.7 Å². The molecule has 1 aliphatic heterocycles. The van der Waals surface area contributed by atoms with Crippen LogP contribution in [0, 0.1) is 29.6 Å². The molecule has 0 unspecified atom stereocenters. The predicted octanol–water partition coefficient (Wildman–Crippen LogP) is 5.39. The molecule has 3 aliphatic rings. The standard InChI is InChI=1S/C28H42O8/c1-15-21(32-6)19(23(29)30)18-20(25(34-8)36-24(18)33-7)22(15)35-14-17-27(4)12-9-11-26(2,3)16(27)10-13-28(17,5)31/h16-17,24-25,31H,9-14H2,1-8H3,(H,29,30)/t16-,17+,24-,25+,27-,28+/m0/s1. The van der Waals surface area contributed by atoms with Gasteiger partial charge < -0.3 is 33.9 Å². The number of hydrogen-bond acceptors (Lipinski definition) is 7. The van der Waals surface area contributed by atoms with Gasteiger partial charge in [0, 0.05) is 31.3 Å². The second kappa shape index (κ2) is 9.46. The number of hydrogen-bond donors (Lipinski definition) is 2. The van der Waals surface area contributed by atoms with Gasteiger partial charge in [-0.1, -0.05) is 27.2 Å². The molecule has 1 heterocycles. The molecule has 8 heteroatoms. The van der Waals surface area contributed by atoms with Crippen molar-refractivity contribution in [1.82, 2.24) is 0 Å². The van der Waals surface area contributed by atoms with E-state index in [1.54, 1.807) is 6.92 Å². The minimum absolute atomic E-state index is 0.0190.